The van der Waals surface area contributed by atoms with Gasteiger partial charge in [-0.1, -0.05) is 386 Å². The fraction of sp³-hybridized carbons (Fsp3) is 0.127. The summed E-state index contributed by atoms with van der Waals surface area (Å²) in [5, 5.41) is 12.6. The molecule has 23 rings (SSSR count). The average molecular weight is 1680 g/mol. The van der Waals surface area contributed by atoms with Crippen LogP contribution in [0, 0.1) is 0 Å². The second kappa shape index (κ2) is 30.9. The van der Waals surface area contributed by atoms with Gasteiger partial charge < -0.3 is 19.3 Å². The van der Waals surface area contributed by atoms with E-state index in [0.717, 1.165) is 140 Å². The molecular weight excluding hydrogens is 1580 g/mol. The van der Waals surface area contributed by atoms with Crippen LogP contribution in [0.25, 0.3) is 148 Å². The van der Waals surface area contributed by atoms with E-state index in [4.69, 9.17) is 0 Å². The molecule has 1 aromatic heterocycles. The lowest BCUT2D eigenvalue weighted by molar-refractivity contribution is 0.590. The Kier molecular flexibility index (Phi) is 19.0. The Labute approximate surface area is 770 Å². The third-order valence-corrected chi connectivity index (χ3v) is 28.1. The van der Waals surface area contributed by atoms with Crippen molar-refractivity contribution in [3.05, 3.63) is 429 Å². The van der Waals surface area contributed by atoms with E-state index < -0.39 is 0 Å². The Morgan fingerprint density at radius 2 is 0.580 bits per heavy atom. The molecule has 0 spiro atoms. The number of hydrogen-bond acceptors (Lipinski definition) is 3. The molecule has 0 saturated heterocycles. The molecule has 0 bridgehead atoms. The molecule has 0 fully saturated rings. The van der Waals surface area contributed by atoms with Crippen molar-refractivity contribution in [3.8, 4) is 83.6 Å². The maximum atomic E-state index is 2.77. The summed E-state index contributed by atoms with van der Waals surface area (Å²) in [4.78, 5) is 8.08. The summed E-state index contributed by atoms with van der Waals surface area (Å²) in [6.45, 7) is 27.9. The van der Waals surface area contributed by atoms with Gasteiger partial charge in [-0.2, -0.15) is 0 Å². The Bertz CT molecular complexity index is 7790. The molecule has 20 aromatic carbocycles. The van der Waals surface area contributed by atoms with Gasteiger partial charge in [0.05, 0.1) is 28.1 Å². The molecule has 0 saturated carbocycles. The molecule has 2 aliphatic heterocycles. The zero-order chi connectivity index (χ0) is 89.1. The number of anilines is 9. The molecule has 0 aliphatic carbocycles. The molecule has 0 radical (unpaired) electrons. The molecule has 21 aromatic rings. The van der Waals surface area contributed by atoms with Crippen LogP contribution < -0.4 is 31.1 Å². The zero-order valence-corrected chi connectivity index (χ0v) is 76.5. The van der Waals surface area contributed by atoms with Gasteiger partial charge in [0.15, 0.2) is 0 Å². The van der Waals surface area contributed by atoms with Gasteiger partial charge in [0, 0.05) is 72.8 Å². The number of benzene rings is 20. The van der Waals surface area contributed by atoms with Gasteiger partial charge in [-0.25, -0.2) is 0 Å². The highest BCUT2D eigenvalue weighted by atomic mass is 15.2. The second-order valence-electron chi connectivity index (χ2n) is 40.4. The van der Waals surface area contributed by atoms with Crippen LogP contribution in [0.5, 0.6) is 0 Å². The highest BCUT2D eigenvalue weighted by molar-refractivity contribution is 7.00. The molecule has 0 N–H and O–H groups in total. The van der Waals surface area contributed by atoms with Gasteiger partial charge in [0.25, 0.3) is 6.71 Å². The number of hydrogen-bond donors (Lipinski definition) is 0. The van der Waals surface area contributed by atoms with E-state index in [-0.39, 0.29) is 28.4 Å². The number of aromatic nitrogens is 1. The van der Waals surface area contributed by atoms with Crippen molar-refractivity contribution in [1.82, 2.24) is 4.57 Å². The first kappa shape index (κ1) is 80.5. The van der Waals surface area contributed by atoms with Crippen LogP contribution in [-0.4, -0.2) is 11.3 Å². The first-order valence-corrected chi connectivity index (χ1v) is 46.5. The molecule has 0 unspecified atom stereocenters. The minimum Gasteiger partial charge on any atom is -0.310 e. The van der Waals surface area contributed by atoms with Gasteiger partial charge in [-0.15, -0.1) is 0 Å². The number of rotatable bonds is 13. The number of nitrogens with zero attached hydrogens (tertiary/aromatic N) is 4. The van der Waals surface area contributed by atoms with Crippen molar-refractivity contribution in [2.75, 3.05) is 14.7 Å². The van der Waals surface area contributed by atoms with Crippen molar-refractivity contribution < 1.29 is 0 Å². The quantitative estimate of drug-likeness (QED) is 0.0650. The largest absolute Gasteiger partial charge is 0.310 e. The van der Waals surface area contributed by atoms with Crippen molar-refractivity contribution in [3.63, 3.8) is 0 Å². The lowest BCUT2D eigenvalue weighted by Crippen LogP contribution is -2.61. The smallest absolute Gasteiger partial charge is 0.252 e. The average Bonchev–Trinajstić information content (AvgIpc) is 0.772. The molecule has 4 nitrogen and oxygen atoms in total. The molecule has 0 amide bonds. The van der Waals surface area contributed by atoms with E-state index in [1.165, 1.54) is 98.1 Å². The lowest BCUT2D eigenvalue weighted by atomic mass is 9.33. The Morgan fingerprint density at radius 1 is 0.221 bits per heavy atom. The molecule has 630 valence electrons. The fourth-order valence-corrected chi connectivity index (χ4v) is 21.3. The van der Waals surface area contributed by atoms with E-state index in [0.29, 0.717) is 0 Å². The third-order valence-electron chi connectivity index (χ3n) is 28.1. The fourth-order valence-electron chi connectivity index (χ4n) is 21.3. The van der Waals surface area contributed by atoms with Gasteiger partial charge in [-0.3, -0.25) is 0 Å². The summed E-state index contributed by atoms with van der Waals surface area (Å²) in [6, 6.07) is 156. The highest BCUT2D eigenvalue weighted by Gasteiger charge is 2.47. The van der Waals surface area contributed by atoms with Crippen LogP contribution >= 0.6 is 0 Å². The Morgan fingerprint density at radius 3 is 0.992 bits per heavy atom. The SMILES string of the molecule is CC(C)(C)c1cc(-c2ccccc2)c(N2c3cc(-c4ccc5cccc6c7cccc8cccc(c4c56)c87)ccc3B3c4ccc(-n5c6ccc(C(C)(C)C)cc6c6cc(C(C)(C)C)ccc65)cc4N(c4c(-c5ccccc5)cc(C(C)(C)C)cc4-c4ccccc4)c4cc(N(c5ccc(-c6ccccc6)cc5)c5ccc(-c6ccccc6)cc5)cc2c43)c(-c2ccccc2)c1. The van der Waals surface area contributed by atoms with Crippen LogP contribution in [0.1, 0.15) is 105 Å². The third kappa shape index (κ3) is 13.6. The van der Waals surface area contributed by atoms with E-state index in [2.05, 4.69) is 509 Å². The van der Waals surface area contributed by atoms with Crippen LogP contribution in [0.3, 0.4) is 0 Å². The molecule has 5 heteroatoms. The minimum atomic E-state index is -0.370. The highest BCUT2D eigenvalue weighted by Crippen LogP contribution is 2.58. The van der Waals surface area contributed by atoms with E-state index in [1.54, 1.807) is 0 Å². The predicted octanol–water partition coefficient (Wildman–Crippen LogP) is 33.2. The van der Waals surface area contributed by atoms with Crippen molar-refractivity contribution in [2.24, 2.45) is 0 Å². The van der Waals surface area contributed by atoms with Crippen LogP contribution in [-0.2, 0) is 21.7 Å². The summed E-state index contributed by atoms with van der Waals surface area (Å²) in [6.07, 6.45) is 0. The van der Waals surface area contributed by atoms with Crippen molar-refractivity contribution in [2.45, 2.75) is 105 Å². The first-order chi connectivity index (χ1) is 63.5. The standard InChI is InChI=1S/C126H103BN4/c1-123(2,3)91-58-68-111-107(71-91)108-72-92(124(4,5)6)59-69-112(108)129(111)97-64-67-110-114(77-97)131(122-105(86-42-27-17-28-43-86)75-94(126(10,11)12)76-106(122)87-44-29-18-30-45-87)116-79-98(128(95-60-52-82(53-61-95)80-34-19-13-20-35-80)96-62-54-83(55-63-96)81-36-21-14-22-37-81)78-115-120(116)127(110)109-66-57-90(99-65-56-89-48-32-50-101-100-49-31-46-88-47-33-51-102(117(88)100)119(99)118(89)101)70-113(109)130(115)121-103(84-38-23-15-24-39-84)73-93(125(7,8)9)74-104(121)85-40-25-16-26-41-85/h13-79H,1-12H3. The van der Waals surface area contributed by atoms with Crippen LogP contribution in [0.4, 0.5) is 51.2 Å². The predicted molar refractivity (Wildman–Crippen MR) is 564 cm³/mol. The maximum absolute atomic E-state index is 2.77. The number of fused-ring (bicyclic) bond motifs is 9. The minimum absolute atomic E-state index is 0.102. The molecular formula is C126H103BN4. The summed E-state index contributed by atoms with van der Waals surface area (Å²) >= 11 is 0. The zero-order valence-electron chi connectivity index (χ0n) is 76.5. The van der Waals surface area contributed by atoms with Crippen LogP contribution in [0.2, 0.25) is 0 Å². The molecule has 0 atom stereocenters. The van der Waals surface area contributed by atoms with E-state index >= 15 is 0 Å². The molecule has 131 heavy (non-hydrogen) atoms. The van der Waals surface area contributed by atoms with Crippen molar-refractivity contribution in [1.29, 1.82) is 0 Å². The second-order valence-corrected chi connectivity index (χ2v) is 40.4. The Hall–Kier alpha value is -15.0. The summed E-state index contributed by atoms with van der Waals surface area (Å²) < 4.78 is 2.58. The summed E-state index contributed by atoms with van der Waals surface area (Å²) in [5.41, 5.74) is 36.8. The topological polar surface area (TPSA) is 14.7 Å². The maximum Gasteiger partial charge on any atom is 0.252 e. The normalized spacial score (nSPS) is 12.8. The summed E-state index contributed by atoms with van der Waals surface area (Å²) in [5.74, 6) is 0. The first-order valence-electron chi connectivity index (χ1n) is 46.5. The monoisotopic (exact) mass is 1680 g/mol. The molecule has 3 heterocycles. The summed E-state index contributed by atoms with van der Waals surface area (Å²) in [7, 11) is 0. The lowest BCUT2D eigenvalue weighted by Gasteiger charge is -2.46. The Balaban J connectivity index is 0.921. The molecule has 2 aliphatic rings. The van der Waals surface area contributed by atoms with Gasteiger partial charge >= 0.3 is 0 Å². The van der Waals surface area contributed by atoms with E-state index in [1.807, 2.05) is 0 Å². The van der Waals surface area contributed by atoms with Gasteiger partial charge in [0.1, 0.15) is 0 Å². The van der Waals surface area contributed by atoms with Gasteiger partial charge in [0.2, 0.25) is 0 Å². The van der Waals surface area contributed by atoms with Crippen molar-refractivity contribution >= 4 is 139 Å². The van der Waals surface area contributed by atoms with E-state index in [9.17, 15) is 0 Å². The van der Waals surface area contributed by atoms with Crippen LogP contribution in [0.15, 0.2) is 406 Å². The van der Waals surface area contributed by atoms with Gasteiger partial charge in [-0.05, 0) is 262 Å².